The first kappa shape index (κ1) is 12.1. The summed E-state index contributed by atoms with van der Waals surface area (Å²) in [6.07, 6.45) is -0.0662. The standard InChI is InChI=1S/C12H13N3O3/c1-15-8-5-3-2-4-7(8)11(12(17)18)9(15)6-10(16)14-13/h2-5H,6,13H2,1H3,(H,14,16)(H,17,18). The Morgan fingerprint density at radius 2 is 2.06 bits per heavy atom. The van der Waals surface area contributed by atoms with E-state index in [4.69, 9.17) is 5.84 Å². The van der Waals surface area contributed by atoms with E-state index in [1.54, 1.807) is 23.7 Å². The number of nitrogens with two attached hydrogens (primary N) is 1. The molecule has 1 heterocycles. The van der Waals surface area contributed by atoms with E-state index in [2.05, 4.69) is 0 Å². The van der Waals surface area contributed by atoms with Gasteiger partial charge in [0.05, 0.1) is 12.0 Å². The van der Waals surface area contributed by atoms with Crippen LogP contribution < -0.4 is 11.3 Å². The number of carbonyl (C=O) groups is 2. The van der Waals surface area contributed by atoms with Crippen molar-refractivity contribution in [1.82, 2.24) is 9.99 Å². The normalized spacial score (nSPS) is 10.6. The molecule has 0 spiro atoms. The summed E-state index contributed by atoms with van der Waals surface area (Å²) in [5.74, 6) is 3.56. The SMILES string of the molecule is Cn1c(CC(=O)NN)c(C(=O)O)c2ccccc21. The van der Waals surface area contributed by atoms with Crippen molar-refractivity contribution in [2.45, 2.75) is 6.42 Å². The molecule has 6 heteroatoms. The molecular weight excluding hydrogens is 234 g/mol. The number of aromatic nitrogens is 1. The molecule has 0 saturated heterocycles. The van der Waals surface area contributed by atoms with E-state index in [1.165, 1.54) is 0 Å². The lowest BCUT2D eigenvalue weighted by Gasteiger charge is -2.04. The van der Waals surface area contributed by atoms with Crippen LogP contribution in [0.5, 0.6) is 0 Å². The van der Waals surface area contributed by atoms with Crippen LogP contribution in [0.15, 0.2) is 24.3 Å². The van der Waals surface area contributed by atoms with Crippen LogP contribution in [0.4, 0.5) is 0 Å². The zero-order valence-corrected chi connectivity index (χ0v) is 9.80. The Kier molecular flexibility index (Phi) is 3.03. The number of amides is 1. The molecule has 4 N–H and O–H groups in total. The van der Waals surface area contributed by atoms with Crippen molar-refractivity contribution in [3.63, 3.8) is 0 Å². The number of hydrogen-bond donors (Lipinski definition) is 3. The third-order valence-electron chi connectivity index (χ3n) is 2.93. The first-order chi connectivity index (χ1) is 8.56. The Hall–Kier alpha value is -2.34. The van der Waals surface area contributed by atoms with Gasteiger partial charge in [0.1, 0.15) is 0 Å². The predicted molar refractivity (Wildman–Crippen MR) is 65.9 cm³/mol. The zero-order valence-electron chi connectivity index (χ0n) is 9.80. The lowest BCUT2D eigenvalue weighted by atomic mass is 10.1. The number of benzene rings is 1. The smallest absolute Gasteiger partial charge is 0.338 e. The van der Waals surface area contributed by atoms with Gasteiger partial charge in [-0.15, -0.1) is 0 Å². The number of aryl methyl sites for hydroxylation is 1. The molecule has 6 nitrogen and oxygen atoms in total. The van der Waals surface area contributed by atoms with Crippen molar-refractivity contribution in [2.75, 3.05) is 0 Å². The number of carbonyl (C=O) groups excluding carboxylic acids is 1. The summed E-state index contributed by atoms with van der Waals surface area (Å²) in [4.78, 5) is 22.7. The fraction of sp³-hybridized carbons (Fsp3) is 0.167. The summed E-state index contributed by atoms with van der Waals surface area (Å²) in [5.41, 5.74) is 3.37. The van der Waals surface area contributed by atoms with Crippen LogP contribution in [0.2, 0.25) is 0 Å². The summed E-state index contributed by atoms with van der Waals surface area (Å²) in [6.45, 7) is 0. The van der Waals surface area contributed by atoms with E-state index in [9.17, 15) is 14.7 Å². The fourth-order valence-corrected chi connectivity index (χ4v) is 2.09. The highest BCUT2D eigenvalue weighted by molar-refractivity contribution is 6.06. The molecule has 2 aromatic rings. The zero-order chi connectivity index (χ0) is 13.3. The predicted octanol–water partition coefficient (Wildman–Crippen LogP) is 0.409. The molecule has 0 unspecified atom stereocenters. The van der Waals surface area contributed by atoms with Gasteiger partial charge in [-0.3, -0.25) is 10.2 Å². The van der Waals surface area contributed by atoms with Gasteiger partial charge in [0.25, 0.3) is 0 Å². The molecule has 0 aliphatic heterocycles. The molecule has 0 fully saturated rings. The Morgan fingerprint density at radius 3 is 2.67 bits per heavy atom. The quantitative estimate of drug-likeness (QED) is 0.415. The van der Waals surface area contributed by atoms with E-state index >= 15 is 0 Å². The van der Waals surface area contributed by atoms with Crippen LogP contribution in [0, 0.1) is 0 Å². The summed E-state index contributed by atoms with van der Waals surface area (Å²) in [5, 5.41) is 9.90. The second kappa shape index (κ2) is 4.50. The van der Waals surface area contributed by atoms with E-state index in [0.29, 0.717) is 11.1 Å². The molecule has 18 heavy (non-hydrogen) atoms. The van der Waals surface area contributed by atoms with E-state index < -0.39 is 11.9 Å². The van der Waals surface area contributed by atoms with E-state index in [1.807, 2.05) is 17.6 Å². The summed E-state index contributed by atoms with van der Waals surface area (Å²) < 4.78 is 1.70. The molecule has 1 aromatic carbocycles. The molecule has 0 bridgehead atoms. The number of nitrogens with zero attached hydrogens (tertiary/aromatic N) is 1. The van der Waals surface area contributed by atoms with Crippen LogP contribution in [0.25, 0.3) is 10.9 Å². The molecular formula is C12H13N3O3. The number of aromatic carboxylic acids is 1. The summed E-state index contributed by atoms with van der Waals surface area (Å²) in [6, 6.07) is 7.12. The minimum atomic E-state index is -1.05. The van der Waals surface area contributed by atoms with Gasteiger partial charge in [0.15, 0.2) is 0 Å². The Balaban J connectivity index is 2.70. The largest absolute Gasteiger partial charge is 0.478 e. The van der Waals surface area contributed by atoms with Gasteiger partial charge >= 0.3 is 5.97 Å². The molecule has 0 atom stereocenters. The molecule has 0 aliphatic carbocycles. The molecule has 0 saturated carbocycles. The third kappa shape index (κ3) is 1.82. The highest BCUT2D eigenvalue weighted by Crippen LogP contribution is 2.25. The minimum Gasteiger partial charge on any atom is -0.478 e. The van der Waals surface area contributed by atoms with Gasteiger partial charge in [-0.05, 0) is 6.07 Å². The first-order valence-electron chi connectivity index (χ1n) is 5.35. The number of carboxylic acids is 1. The lowest BCUT2D eigenvalue weighted by molar-refractivity contribution is -0.120. The average Bonchev–Trinajstić information content (AvgIpc) is 2.63. The van der Waals surface area contributed by atoms with Gasteiger partial charge in [-0.2, -0.15) is 0 Å². The molecule has 1 amide bonds. The highest BCUT2D eigenvalue weighted by Gasteiger charge is 2.21. The number of fused-ring (bicyclic) bond motifs is 1. The maximum atomic E-state index is 11.3. The summed E-state index contributed by atoms with van der Waals surface area (Å²) in [7, 11) is 1.73. The van der Waals surface area contributed by atoms with Gasteiger partial charge < -0.3 is 9.67 Å². The van der Waals surface area contributed by atoms with Crippen LogP contribution in [-0.4, -0.2) is 21.6 Å². The van der Waals surface area contributed by atoms with Crippen molar-refractivity contribution in [2.24, 2.45) is 12.9 Å². The molecule has 94 valence electrons. The number of hydrazine groups is 1. The molecule has 2 rings (SSSR count). The molecule has 0 aliphatic rings. The van der Waals surface area contributed by atoms with Gasteiger partial charge in [0.2, 0.25) is 5.91 Å². The maximum Gasteiger partial charge on any atom is 0.338 e. The topological polar surface area (TPSA) is 97.4 Å². The number of para-hydroxylation sites is 1. The molecule has 1 aromatic heterocycles. The number of nitrogens with one attached hydrogen (secondary N) is 1. The third-order valence-corrected chi connectivity index (χ3v) is 2.93. The fourth-order valence-electron chi connectivity index (χ4n) is 2.09. The van der Waals surface area contributed by atoms with E-state index in [-0.39, 0.29) is 12.0 Å². The average molecular weight is 247 g/mol. The van der Waals surface area contributed by atoms with Crippen molar-refractivity contribution in [3.05, 3.63) is 35.5 Å². The van der Waals surface area contributed by atoms with E-state index in [0.717, 1.165) is 5.52 Å². The van der Waals surface area contributed by atoms with Crippen LogP contribution >= 0.6 is 0 Å². The minimum absolute atomic E-state index is 0.0662. The number of hydrogen-bond acceptors (Lipinski definition) is 3. The van der Waals surface area contributed by atoms with Crippen molar-refractivity contribution in [1.29, 1.82) is 0 Å². The Bertz CT molecular complexity index is 631. The van der Waals surface area contributed by atoms with Crippen molar-refractivity contribution >= 4 is 22.8 Å². The monoisotopic (exact) mass is 247 g/mol. The second-order valence-corrected chi connectivity index (χ2v) is 3.95. The Labute approximate surface area is 103 Å². The van der Waals surface area contributed by atoms with Crippen molar-refractivity contribution < 1.29 is 14.7 Å². The van der Waals surface area contributed by atoms with Crippen LogP contribution in [-0.2, 0) is 18.3 Å². The highest BCUT2D eigenvalue weighted by atomic mass is 16.4. The lowest BCUT2D eigenvalue weighted by Crippen LogP contribution is -2.32. The van der Waals surface area contributed by atoms with Crippen LogP contribution in [0.3, 0.4) is 0 Å². The Morgan fingerprint density at radius 1 is 1.39 bits per heavy atom. The maximum absolute atomic E-state index is 11.3. The first-order valence-corrected chi connectivity index (χ1v) is 5.35. The molecule has 0 radical (unpaired) electrons. The van der Waals surface area contributed by atoms with Crippen LogP contribution in [0.1, 0.15) is 16.1 Å². The van der Waals surface area contributed by atoms with Gasteiger partial charge in [-0.1, -0.05) is 18.2 Å². The van der Waals surface area contributed by atoms with Gasteiger partial charge in [0, 0.05) is 23.6 Å². The number of rotatable bonds is 3. The van der Waals surface area contributed by atoms with Crippen molar-refractivity contribution in [3.8, 4) is 0 Å². The summed E-state index contributed by atoms with van der Waals surface area (Å²) >= 11 is 0. The number of carboxylic acid groups (broad SMARTS) is 1. The second-order valence-electron chi connectivity index (χ2n) is 3.95. The van der Waals surface area contributed by atoms with Gasteiger partial charge in [-0.25, -0.2) is 10.6 Å².